The molecule has 0 atom stereocenters. The quantitative estimate of drug-likeness (QED) is 0.301. The molecule has 0 unspecified atom stereocenters. The molecule has 146 valence electrons. The number of pyridine rings is 1. The van der Waals surface area contributed by atoms with Gasteiger partial charge in [0.05, 0.1) is 24.5 Å². The molecule has 0 aliphatic heterocycles. The molecule has 3 aromatic rings. The summed E-state index contributed by atoms with van der Waals surface area (Å²) >= 11 is 0. The number of amides is 1. The number of benzene rings is 2. The van der Waals surface area contributed by atoms with Gasteiger partial charge >= 0.3 is 5.97 Å². The third kappa shape index (κ3) is 5.23. The Hall–Kier alpha value is -4.07. The van der Waals surface area contributed by atoms with E-state index in [-0.39, 0.29) is 11.3 Å². The minimum atomic E-state index is -0.645. The van der Waals surface area contributed by atoms with Crippen molar-refractivity contribution in [3.63, 3.8) is 0 Å². The molecule has 0 saturated carbocycles. The first-order valence-electron chi connectivity index (χ1n) is 8.46. The van der Waals surface area contributed by atoms with Gasteiger partial charge in [0.25, 0.3) is 5.91 Å². The number of rotatable bonds is 6. The molecule has 29 heavy (non-hydrogen) atoms. The number of esters is 1. The highest BCUT2D eigenvalue weighted by Crippen LogP contribution is 2.28. The fraction of sp³-hybridized carbons (Fsp3) is 0.0476. The van der Waals surface area contributed by atoms with E-state index in [9.17, 15) is 14.0 Å². The number of carbonyl (C=O) groups is 2. The van der Waals surface area contributed by atoms with Crippen molar-refractivity contribution in [1.29, 1.82) is 0 Å². The molecule has 0 bridgehead atoms. The number of halogens is 1. The van der Waals surface area contributed by atoms with E-state index >= 15 is 0 Å². The van der Waals surface area contributed by atoms with Crippen LogP contribution in [0.2, 0.25) is 0 Å². The van der Waals surface area contributed by atoms with Crippen LogP contribution in [0.3, 0.4) is 0 Å². The summed E-state index contributed by atoms with van der Waals surface area (Å²) in [6.45, 7) is 0. The third-order valence-corrected chi connectivity index (χ3v) is 3.77. The lowest BCUT2D eigenvalue weighted by Crippen LogP contribution is -2.17. The molecule has 2 aromatic carbocycles. The zero-order valence-corrected chi connectivity index (χ0v) is 15.3. The second kappa shape index (κ2) is 9.23. The van der Waals surface area contributed by atoms with Gasteiger partial charge in [0, 0.05) is 12.4 Å². The zero-order chi connectivity index (χ0) is 20.6. The summed E-state index contributed by atoms with van der Waals surface area (Å²) in [7, 11) is 1.43. The van der Waals surface area contributed by atoms with Crippen LogP contribution in [0.4, 0.5) is 4.39 Å². The molecule has 0 spiro atoms. The molecule has 0 aliphatic carbocycles. The summed E-state index contributed by atoms with van der Waals surface area (Å²) in [6.07, 6.45) is 4.41. The molecule has 8 heteroatoms. The zero-order valence-electron chi connectivity index (χ0n) is 15.3. The van der Waals surface area contributed by atoms with E-state index < -0.39 is 17.7 Å². The number of hydrogen-bond acceptors (Lipinski definition) is 6. The predicted octanol–water partition coefficient (Wildman–Crippen LogP) is 3.21. The van der Waals surface area contributed by atoms with Crippen molar-refractivity contribution >= 4 is 18.1 Å². The molecule has 3 rings (SSSR count). The van der Waals surface area contributed by atoms with Gasteiger partial charge in [0.2, 0.25) is 0 Å². The predicted molar refractivity (Wildman–Crippen MR) is 104 cm³/mol. The summed E-state index contributed by atoms with van der Waals surface area (Å²) in [5.74, 6) is -1.00. The first-order chi connectivity index (χ1) is 14.1. The van der Waals surface area contributed by atoms with Gasteiger partial charge < -0.3 is 9.47 Å². The van der Waals surface area contributed by atoms with Crippen molar-refractivity contribution in [2.75, 3.05) is 7.11 Å². The van der Waals surface area contributed by atoms with Crippen LogP contribution in [0.25, 0.3) is 0 Å². The van der Waals surface area contributed by atoms with Crippen molar-refractivity contribution in [2.45, 2.75) is 0 Å². The van der Waals surface area contributed by atoms with Crippen LogP contribution in [0.5, 0.6) is 11.5 Å². The maximum Gasteiger partial charge on any atom is 0.343 e. The lowest BCUT2D eigenvalue weighted by molar-refractivity contribution is 0.0729. The highest BCUT2D eigenvalue weighted by Gasteiger charge is 2.13. The topological polar surface area (TPSA) is 89.9 Å². The van der Waals surface area contributed by atoms with Gasteiger partial charge in [-0.3, -0.25) is 9.78 Å². The molecular formula is C21H16FN3O4. The van der Waals surface area contributed by atoms with Crippen LogP contribution in [0.15, 0.2) is 72.1 Å². The summed E-state index contributed by atoms with van der Waals surface area (Å²) in [6, 6.07) is 13.0. The first kappa shape index (κ1) is 19.7. The molecule has 1 aromatic heterocycles. The SMILES string of the molecule is COc1cc(C=NNC(=O)c2cccnc2)ccc1OC(=O)c1ccc(F)cc1. The fourth-order valence-corrected chi connectivity index (χ4v) is 2.32. The van der Waals surface area contributed by atoms with E-state index in [0.717, 1.165) is 0 Å². The Balaban J connectivity index is 1.67. The maximum atomic E-state index is 13.0. The van der Waals surface area contributed by atoms with E-state index in [1.165, 1.54) is 49.9 Å². The van der Waals surface area contributed by atoms with Gasteiger partial charge in [-0.1, -0.05) is 0 Å². The number of carbonyl (C=O) groups excluding carboxylic acids is 2. The standard InChI is InChI=1S/C21H16FN3O4/c1-28-19-11-14(12-24-25-20(26)16-3-2-10-23-13-16)4-9-18(19)29-21(27)15-5-7-17(22)8-6-15/h2-13H,1H3,(H,25,26). The van der Waals surface area contributed by atoms with Crippen molar-refractivity contribution < 1.29 is 23.5 Å². The molecule has 0 fully saturated rings. The van der Waals surface area contributed by atoms with Crippen molar-refractivity contribution in [2.24, 2.45) is 5.10 Å². The monoisotopic (exact) mass is 393 g/mol. The summed E-state index contributed by atoms with van der Waals surface area (Å²) in [5.41, 5.74) is 3.58. The Bertz CT molecular complexity index is 1040. The number of methoxy groups -OCH3 is 1. The molecule has 0 saturated heterocycles. The Kier molecular flexibility index (Phi) is 6.26. The van der Waals surface area contributed by atoms with Gasteiger partial charge in [0.1, 0.15) is 5.82 Å². The molecule has 0 aliphatic rings. The number of ether oxygens (including phenoxy) is 2. The van der Waals surface area contributed by atoms with Crippen LogP contribution < -0.4 is 14.9 Å². The normalized spacial score (nSPS) is 10.6. The van der Waals surface area contributed by atoms with E-state index in [0.29, 0.717) is 16.9 Å². The Labute approximate surface area is 165 Å². The van der Waals surface area contributed by atoms with Crippen LogP contribution in [-0.2, 0) is 0 Å². The smallest absolute Gasteiger partial charge is 0.343 e. The highest BCUT2D eigenvalue weighted by atomic mass is 19.1. The maximum absolute atomic E-state index is 13.0. The number of nitrogens with zero attached hydrogens (tertiary/aromatic N) is 2. The second-order valence-corrected chi connectivity index (χ2v) is 5.75. The van der Waals surface area contributed by atoms with Gasteiger partial charge in [-0.2, -0.15) is 5.10 Å². The molecule has 0 radical (unpaired) electrons. The van der Waals surface area contributed by atoms with Gasteiger partial charge in [-0.05, 0) is 60.2 Å². The van der Waals surface area contributed by atoms with Crippen molar-refractivity contribution in [3.05, 3.63) is 89.5 Å². The average molecular weight is 393 g/mol. The van der Waals surface area contributed by atoms with E-state index in [1.54, 1.807) is 30.5 Å². The molecule has 1 N–H and O–H groups in total. The van der Waals surface area contributed by atoms with Gasteiger partial charge in [-0.25, -0.2) is 14.6 Å². The summed E-state index contributed by atoms with van der Waals surface area (Å²) in [5, 5.41) is 3.89. The van der Waals surface area contributed by atoms with E-state index in [2.05, 4.69) is 15.5 Å². The lowest BCUT2D eigenvalue weighted by atomic mass is 10.2. The molecule has 1 amide bonds. The van der Waals surface area contributed by atoms with Crippen LogP contribution in [-0.4, -0.2) is 30.2 Å². The van der Waals surface area contributed by atoms with Gasteiger partial charge in [-0.15, -0.1) is 0 Å². The fourth-order valence-electron chi connectivity index (χ4n) is 2.32. The van der Waals surface area contributed by atoms with E-state index in [4.69, 9.17) is 9.47 Å². The number of hydrogen-bond donors (Lipinski definition) is 1. The van der Waals surface area contributed by atoms with Crippen LogP contribution in [0.1, 0.15) is 26.3 Å². The first-order valence-corrected chi connectivity index (χ1v) is 8.46. The number of nitrogens with one attached hydrogen (secondary N) is 1. The Morgan fingerprint density at radius 1 is 1.07 bits per heavy atom. The largest absolute Gasteiger partial charge is 0.493 e. The molecular weight excluding hydrogens is 377 g/mol. The van der Waals surface area contributed by atoms with Crippen molar-refractivity contribution in [1.82, 2.24) is 10.4 Å². The van der Waals surface area contributed by atoms with Crippen molar-refractivity contribution in [3.8, 4) is 11.5 Å². The average Bonchev–Trinajstić information content (AvgIpc) is 2.75. The number of aromatic nitrogens is 1. The third-order valence-electron chi connectivity index (χ3n) is 3.77. The summed E-state index contributed by atoms with van der Waals surface area (Å²) in [4.78, 5) is 28.0. The highest BCUT2D eigenvalue weighted by molar-refractivity contribution is 5.94. The molecule has 1 heterocycles. The molecule has 7 nitrogen and oxygen atoms in total. The number of hydrazone groups is 1. The van der Waals surface area contributed by atoms with Crippen LogP contribution >= 0.6 is 0 Å². The van der Waals surface area contributed by atoms with E-state index in [1.807, 2.05) is 0 Å². The Morgan fingerprint density at radius 3 is 2.55 bits per heavy atom. The lowest BCUT2D eigenvalue weighted by Gasteiger charge is -2.10. The Morgan fingerprint density at radius 2 is 1.86 bits per heavy atom. The second-order valence-electron chi connectivity index (χ2n) is 5.75. The van der Waals surface area contributed by atoms with Crippen LogP contribution in [0, 0.1) is 5.82 Å². The van der Waals surface area contributed by atoms with Gasteiger partial charge in [0.15, 0.2) is 11.5 Å². The minimum absolute atomic E-state index is 0.193. The summed E-state index contributed by atoms with van der Waals surface area (Å²) < 4.78 is 23.5. The minimum Gasteiger partial charge on any atom is -0.493 e.